The molecule has 0 saturated heterocycles. The second-order valence-corrected chi connectivity index (χ2v) is 9.30. The molecule has 0 radical (unpaired) electrons. The fourth-order valence-corrected chi connectivity index (χ4v) is 3.54. The van der Waals surface area contributed by atoms with Crippen LogP contribution in [0.4, 0.5) is 4.79 Å². The zero-order chi connectivity index (χ0) is 24.6. The molecule has 1 heterocycles. The average Bonchev–Trinajstić information content (AvgIpc) is 3.27. The molecule has 1 aromatic heterocycles. The lowest BCUT2D eigenvalue weighted by atomic mass is 10.0. The van der Waals surface area contributed by atoms with Crippen LogP contribution in [0.2, 0.25) is 0 Å². The highest BCUT2D eigenvalue weighted by molar-refractivity contribution is 5.86. The number of ether oxygens (including phenoxy) is 1. The van der Waals surface area contributed by atoms with E-state index < -0.39 is 17.7 Å². The minimum Gasteiger partial charge on any atom is -0.444 e. The number of likely N-dealkylation sites (N-methyl/N-ethyl adjacent to an activating group) is 1. The first-order valence-corrected chi connectivity index (χ1v) is 11.5. The van der Waals surface area contributed by atoms with Crippen LogP contribution in [0, 0.1) is 0 Å². The van der Waals surface area contributed by atoms with Gasteiger partial charge in [-0.05, 0) is 32.8 Å². The standard InChI is InChI=1S/C27H33N3O4/c1-27(2,3)33-26(32)28-24(18-20-12-7-5-8-13-20)25(31)30(4)17-11-16-22-19-23(29-34-22)21-14-9-6-10-15-21/h5-10,12-15,19,24H,11,16-18H2,1-4H3,(H,28,32). The third-order valence-electron chi connectivity index (χ3n) is 5.19. The molecular formula is C27H33N3O4. The van der Waals surface area contributed by atoms with Gasteiger partial charge in [-0.3, -0.25) is 4.79 Å². The smallest absolute Gasteiger partial charge is 0.408 e. The van der Waals surface area contributed by atoms with Gasteiger partial charge in [-0.1, -0.05) is 65.8 Å². The van der Waals surface area contributed by atoms with Crippen LogP contribution < -0.4 is 5.32 Å². The van der Waals surface area contributed by atoms with Gasteiger partial charge in [0.1, 0.15) is 23.1 Å². The molecule has 0 fully saturated rings. The number of hydrogen-bond donors (Lipinski definition) is 1. The van der Waals surface area contributed by atoms with Crippen LogP contribution in [0.5, 0.6) is 0 Å². The number of amides is 2. The largest absolute Gasteiger partial charge is 0.444 e. The lowest BCUT2D eigenvalue weighted by molar-refractivity contribution is -0.132. The molecule has 7 nitrogen and oxygen atoms in total. The molecule has 3 rings (SSSR count). The number of carbonyl (C=O) groups is 2. The molecule has 0 spiro atoms. The fraction of sp³-hybridized carbons (Fsp3) is 0.370. The normalized spacial score (nSPS) is 12.1. The molecular weight excluding hydrogens is 430 g/mol. The van der Waals surface area contributed by atoms with Gasteiger partial charge >= 0.3 is 6.09 Å². The Bertz CT molecular complexity index is 1060. The number of aromatic nitrogens is 1. The van der Waals surface area contributed by atoms with Gasteiger partial charge in [0.15, 0.2) is 0 Å². The van der Waals surface area contributed by atoms with Crippen molar-refractivity contribution < 1.29 is 18.8 Å². The fourth-order valence-electron chi connectivity index (χ4n) is 3.54. The predicted molar refractivity (Wildman–Crippen MR) is 131 cm³/mol. The Morgan fingerprint density at radius 3 is 2.35 bits per heavy atom. The third kappa shape index (κ3) is 7.76. The molecule has 1 N–H and O–H groups in total. The number of alkyl carbamates (subject to hydrolysis) is 1. The molecule has 2 amide bonds. The maximum absolute atomic E-state index is 13.2. The molecule has 0 aliphatic rings. The van der Waals surface area contributed by atoms with E-state index in [9.17, 15) is 9.59 Å². The highest BCUT2D eigenvalue weighted by Gasteiger charge is 2.27. The van der Waals surface area contributed by atoms with Crippen molar-refractivity contribution in [2.24, 2.45) is 0 Å². The van der Waals surface area contributed by atoms with Crippen molar-refractivity contribution in [1.29, 1.82) is 0 Å². The van der Waals surface area contributed by atoms with Crippen molar-refractivity contribution in [3.63, 3.8) is 0 Å². The van der Waals surface area contributed by atoms with Crippen LogP contribution >= 0.6 is 0 Å². The van der Waals surface area contributed by atoms with Crippen molar-refractivity contribution in [3.05, 3.63) is 78.1 Å². The molecule has 0 aliphatic carbocycles. The van der Waals surface area contributed by atoms with Crippen molar-refractivity contribution in [2.45, 2.75) is 51.7 Å². The summed E-state index contributed by atoms with van der Waals surface area (Å²) < 4.78 is 10.8. The lowest BCUT2D eigenvalue weighted by Gasteiger charge is -2.26. The Labute approximate surface area is 201 Å². The summed E-state index contributed by atoms with van der Waals surface area (Å²) in [7, 11) is 1.74. The maximum Gasteiger partial charge on any atom is 0.408 e. The van der Waals surface area contributed by atoms with Crippen LogP contribution in [-0.4, -0.2) is 47.3 Å². The van der Waals surface area contributed by atoms with Gasteiger partial charge in [0, 0.05) is 38.1 Å². The van der Waals surface area contributed by atoms with Gasteiger partial charge in [-0.25, -0.2) is 4.79 Å². The summed E-state index contributed by atoms with van der Waals surface area (Å²) in [6.45, 7) is 5.89. The van der Waals surface area contributed by atoms with E-state index in [4.69, 9.17) is 9.26 Å². The number of benzene rings is 2. The second kappa shape index (κ2) is 11.5. The molecule has 34 heavy (non-hydrogen) atoms. The first-order chi connectivity index (χ1) is 16.2. The van der Waals surface area contributed by atoms with Crippen molar-refractivity contribution in [1.82, 2.24) is 15.4 Å². The van der Waals surface area contributed by atoms with Crippen LogP contribution in [0.3, 0.4) is 0 Å². The summed E-state index contributed by atoms with van der Waals surface area (Å²) in [6, 6.07) is 20.7. The molecule has 1 atom stereocenters. The number of aryl methyl sites for hydroxylation is 1. The molecule has 0 bridgehead atoms. The van der Waals surface area contributed by atoms with E-state index in [-0.39, 0.29) is 5.91 Å². The molecule has 2 aromatic carbocycles. The molecule has 7 heteroatoms. The van der Waals surface area contributed by atoms with Gasteiger partial charge < -0.3 is 19.5 Å². The maximum atomic E-state index is 13.2. The molecule has 0 aliphatic heterocycles. The van der Waals surface area contributed by atoms with Gasteiger partial charge in [-0.2, -0.15) is 0 Å². The van der Waals surface area contributed by atoms with Crippen molar-refractivity contribution >= 4 is 12.0 Å². The Balaban J connectivity index is 1.58. The molecule has 0 saturated carbocycles. The first-order valence-electron chi connectivity index (χ1n) is 11.5. The zero-order valence-electron chi connectivity index (χ0n) is 20.3. The third-order valence-corrected chi connectivity index (χ3v) is 5.19. The van der Waals surface area contributed by atoms with Crippen molar-refractivity contribution in [2.75, 3.05) is 13.6 Å². The van der Waals surface area contributed by atoms with E-state index in [1.807, 2.05) is 66.7 Å². The van der Waals surface area contributed by atoms with E-state index in [0.717, 1.165) is 22.6 Å². The first kappa shape index (κ1) is 25.0. The number of hydrogen-bond acceptors (Lipinski definition) is 5. The van der Waals surface area contributed by atoms with Crippen molar-refractivity contribution in [3.8, 4) is 11.3 Å². The zero-order valence-corrected chi connectivity index (χ0v) is 20.3. The molecule has 1 unspecified atom stereocenters. The second-order valence-electron chi connectivity index (χ2n) is 9.30. The van der Waals surface area contributed by atoms with Gasteiger partial charge in [0.05, 0.1) is 0 Å². The monoisotopic (exact) mass is 463 g/mol. The van der Waals surface area contributed by atoms with E-state index in [1.54, 1.807) is 32.7 Å². The number of carbonyl (C=O) groups excluding carboxylic acids is 2. The summed E-state index contributed by atoms with van der Waals surface area (Å²) in [5.74, 6) is 0.602. The van der Waals surface area contributed by atoms with Crippen LogP contribution in [0.25, 0.3) is 11.3 Å². The van der Waals surface area contributed by atoms with E-state index in [1.165, 1.54) is 0 Å². The Morgan fingerprint density at radius 1 is 1.06 bits per heavy atom. The molecule has 3 aromatic rings. The lowest BCUT2D eigenvalue weighted by Crippen LogP contribution is -2.50. The summed E-state index contributed by atoms with van der Waals surface area (Å²) in [5, 5.41) is 6.89. The van der Waals surface area contributed by atoms with E-state index in [2.05, 4.69) is 10.5 Å². The minimum atomic E-state index is -0.725. The highest BCUT2D eigenvalue weighted by Crippen LogP contribution is 2.19. The highest BCUT2D eigenvalue weighted by atomic mass is 16.6. The SMILES string of the molecule is CN(CCCc1cc(-c2ccccc2)no1)C(=O)C(Cc1ccccc1)NC(=O)OC(C)(C)C. The number of nitrogens with zero attached hydrogens (tertiary/aromatic N) is 2. The summed E-state index contributed by atoms with van der Waals surface area (Å²) >= 11 is 0. The van der Waals surface area contributed by atoms with Crippen LogP contribution in [-0.2, 0) is 22.4 Å². The van der Waals surface area contributed by atoms with Crippen LogP contribution in [0.1, 0.15) is 38.5 Å². The average molecular weight is 464 g/mol. The summed E-state index contributed by atoms with van der Waals surface area (Å²) in [5.41, 5.74) is 2.11. The van der Waals surface area contributed by atoms with Gasteiger partial charge in [0.2, 0.25) is 5.91 Å². The Hall–Kier alpha value is -3.61. The van der Waals surface area contributed by atoms with Gasteiger partial charge in [-0.15, -0.1) is 0 Å². The Kier molecular flexibility index (Phi) is 8.46. The topological polar surface area (TPSA) is 84.7 Å². The van der Waals surface area contributed by atoms with E-state index >= 15 is 0 Å². The predicted octanol–water partition coefficient (Wildman–Crippen LogP) is 4.87. The van der Waals surface area contributed by atoms with Gasteiger partial charge in [0.25, 0.3) is 0 Å². The Morgan fingerprint density at radius 2 is 1.71 bits per heavy atom. The van der Waals surface area contributed by atoms with E-state index in [0.29, 0.717) is 25.8 Å². The quantitative estimate of drug-likeness (QED) is 0.489. The minimum absolute atomic E-state index is 0.169. The van der Waals surface area contributed by atoms with Crippen LogP contribution in [0.15, 0.2) is 71.3 Å². The molecule has 180 valence electrons. The number of nitrogens with one attached hydrogen (secondary N) is 1. The summed E-state index contributed by atoms with van der Waals surface area (Å²) in [4.78, 5) is 27.2. The number of rotatable bonds is 9. The summed E-state index contributed by atoms with van der Waals surface area (Å²) in [6.07, 6.45) is 1.13.